The normalized spacial score (nSPS) is 12.4. The van der Waals surface area contributed by atoms with Crippen molar-refractivity contribution in [3.05, 3.63) is 28.2 Å². The van der Waals surface area contributed by atoms with E-state index in [4.69, 9.17) is 9.84 Å². The number of alkyl halides is 3. The first-order chi connectivity index (χ1) is 8.81. The van der Waals surface area contributed by atoms with E-state index < -0.39 is 36.7 Å². The molecule has 0 heterocycles. The molecule has 0 radical (unpaired) electrons. The predicted octanol–water partition coefficient (Wildman–Crippen LogP) is 3.10. The Bertz CT molecular complexity index is 471. The molecule has 0 amide bonds. The van der Waals surface area contributed by atoms with Crippen molar-refractivity contribution in [2.75, 3.05) is 6.67 Å². The van der Waals surface area contributed by atoms with Crippen LogP contribution < -0.4 is 4.74 Å². The van der Waals surface area contributed by atoms with E-state index in [9.17, 15) is 18.0 Å². The standard InChI is InChI=1S/C12H12BrF3O3.Na.H/c1-2-12(15,16)8-5-7(13)3-4-9(8)19-10(6-14)11(17)18;;/h3-5,10H,2,6H2,1H3,(H,17,18);;. The summed E-state index contributed by atoms with van der Waals surface area (Å²) in [6.07, 6.45) is -2.28. The van der Waals surface area contributed by atoms with Crippen molar-refractivity contribution in [1.29, 1.82) is 0 Å². The van der Waals surface area contributed by atoms with Gasteiger partial charge in [0.15, 0.2) is 0 Å². The molecule has 0 fully saturated rings. The molecule has 1 unspecified atom stereocenters. The van der Waals surface area contributed by atoms with Crippen molar-refractivity contribution >= 4 is 51.5 Å². The molecule has 3 nitrogen and oxygen atoms in total. The van der Waals surface area contributed by atoms with Crippen LogP contribution in [0.3, 0.4) is 0 Å². The van der Waals surface area contributed by atoms with Crippen LogP contribution in [0.5, 0.6) is 5.75 Å². The van der Waals surface area contributed by atoms with E-state index in [0.29, 0.717) is 4.47 Å². The fourth-order valence-corrected chi connectivity index (χ4v) is 1.74. The maximum atomic E-state index is 13.7. The van der Waals surface area contributed by atoms with Gasteiger partial charge in [-0.15, -0.1) is 0 Å². The van der Waals surface area contributed by atoms with Crippen molar-refractivity contribution in [3.63, 3.8) is 0 Å². The number of ether oxygens (including phenoxy) is 1. The number of benzene rings is 1. The van der Waals surface area contributed by atoms with Crippen LogP contribution in [0, 0.1) is 0 Å². The van der Waals surface area contributed by atoms with Gasteiger partial charge in [-0.05, 0) is 18.2 Å². The Morgan fingerprint density at radius 2 is 2.10 bits per heavy atom. The van der Waals surface area contributed by atoms with Gasteiger partial charge in [-0.3, -0.25) is 0 Å². The number of aliphatic carboxylic acids is 1. The molecule has 0 saturated carbocycles. The van der Waals surface area contributed by atoms with Gasteiger partial charge in [-0.25, -0.2) is 18.0 Å². The van der Waals surface area contributed by atoms with Crippen LogP contribution in [0.4, 0.5) is 13.2 Å². The van der Waals surface area contributed by atoms with Crippen LogP contribution in [0.15, 0.2) is 22.7 Å². The van der Waals surface area contributed by atoms with Crippen molar-refractivity contribution in [3.8, 4) is 5.75 Å². The molecule has 1 aromatic rings. The van der Waals surface area contributed by atoms with Crippen LogP contribution in [0.2, 0.25) is 0 Å². The first-order valence-corrected chi connectivity index (χ1v) is 6.24. The van der Waals surface area contributed by atoms with E-state index in [1.807, 2.05) is 0 Å². The second-order valence-corrected chi connectivity index (χ2v) is 4.71. The van der Waals surface area contributed by atoms with Crippen LogP contribution >= 0.6 is 15.9 Å². The van der Waals surface area contributed by atoms with Gasteiger partial charge < -0.3 is 9.84 Å². The Kier molecular flexibility index (Phi) is 8.16. The van der Waals surface area contributed by atoms with Gasteiger partial charge in [0.05, 0.1) is 5.56 Å². The Hall–Kier alpha value is -0.240. The molecule has 0 saturated heterocycles. The fraction of sp³-hybridized carbons (Fsp3) is 0.417. The van der Waals surface area contributed by atoms with Crippen molar-refractivity contribution < 1.29 is 27.8 Å². The molecule has 0 aliphatic carbocycles. The van der Waals surface area contributed by atoms with Crippen LogP contribution in [-0.4, -0.2) is 53.4 Å². The number of carboxylic acid groups (broad SMARTS) is 1. The zero-order valence-electron chi connectivity index (χ0n) is 10.00. The summed E-state index contributed by atoms with van der Waals surface area (Å²) >= 11 is 3.05. The van der Waals surface area contributed by atoms with Crippen LogP contribution in [0.25, 0.3) is 0 Å². The molecule has 1 aromatic carbocycles. The molecule has 0 spiro atoms. The zero-order chi connectivity index (χ0) is 14.6. The summed E-state index contributed by atoms with van der Waals surface area (Å²) in [5.41, 5.74) is -0.468. The molecule has 0 aliphatic rings. The number of hydrogen-bond acceptors (Lipinski definition) is 2. The molecule has 0 aliphatic heterocycles. The Labute approximate surface area is 144 Å². The van der Waals surface area contributed by atoms with Gasteiger partial charge in [-0.2, -0.15) is 0 Å². The van der Waals surface area contributed by atoms with E-state index in [1.54, 1.807) is 0 Å². The second kappa shape index (κ2) is 8.26. The molecule has 0 bridgehead atoms. The van der Waals surface area contributed by atoms with E-state index >= 15 is 0 Å². The number of carboxylic acids is 1. The van der Waals surface area contributed by atoms with E-state index in [1.165, 1.54) is 19.1 Å². The summed E-state index contributed by atoms with van der Waals surface area (Å²) in [7, 11) is 0. The first-order valence-electron chi connectivity index (χ1n) is 5.45. The third-order valence-corrected chi connectivity index (χ3v) is 2.96. The van der Waals surface area contributed by atoms with Gasteiger partial charge in [0.2, 0.25) is 6.10 Å². The summed E-state index contributed by atoms with van der Waals surface area (Å²) in [5.74, 6) is -5.06. The number of rotatable bonds is 6. The second-order valence-electron chi connectivity index (χ2n) is 3.80. The van der Waals surface area contributed by atoms with Gasteiger partial charge in [0.1, 0.15) is 12.4 Å². The quantitative estimate of drug-likeness (QED) is 0.789. The molecule has 108 valence electrons. The average Bonchev–Trinajstić information content (AvgIpc) is 2.36. The number of hydrogen-bond donors (Lipinski definition) is 1. The van der Waals surface area contributed by atoms with E-state index in [2.05, 4.69) is 15.9 Å². The maximum absolute atomic E-state index is 13.7. The molecule has 1 rings (SSSR count). The van der Waals surface area contributed by atoms with E-state index in [0.717, 1.165) is 6.07 Å². The molecular formula is C12H13BrF3NaO3. The number of halogens is 4. The summed E-state index contributed by atoms with van der Waals surface area (Å²) in [6, 6.07) is 3.74. The Balaban J connectivity index is 0.00000361. The third-order valence-electron chi connectivity index (χ3n) is 2.46. The van der Waals surface area contributed by atoms with Crippen LogP contribution in [-0.2, 0) is 10.7 Å². The van der Waals surface area contributed by atoms with Gasteiger partial charge >= 0.3 is 35.5 Å². The first kappa shape index (κ1) is 19.8. The van der Waals surface area contributed by atoms with Gasteiger partial charge in [0, 0.05) is 10.9 Å². The molecule has 1 atom stereocenters. The van der Waals surface area contributed by atoms with Crippen molar-refractivity contribution in [1.82, 2.24) is 0 Å². The topological polar surface area (TPSA) is 46.5 Å². The Morgan fingerprint density at radius 3 is 2.55 bits per heavy atom. The third kappa shape index (κ3) is 4.95. The van der Waals surface area contributed by atoms with Crippen molar-refractivity contribution in [2.45, 2.75) is 25.4 Å². The minimum absolute atomic E-state index is 0. The molecule has 1 N–H and O–H groups in total. The molecule has 8 heteroatoms. The summed E-state index contributed by atoms with van der Waals surface area (Å²) in [4.78, 5) is 10.7. The van der Waals surface area contributed by atoms with E-state index in [-0.39, 0.29) is 35.3 Å². The molecule has 20 heavy (non-hydrogen) atoms. The summed E-state index contributed by atoms with van der Waals surface area (Å²) < 4.78 is 45.2. The fourth-order valence-electron chi connectivity index (χ4n) is 1.38. The molecule has 0 aromatic heterocycles. The minimum atomic E-state index is -3.18. The van der Waals surface area contributed by atoms with Crippen LogP contribution in [0.1, 0.15) is 18.9 Å². The Morgan fingerprint density at radius 1 is 1.50 bits per heavy atom. The average molecular weight is 365 g/mol. The summed E-state index contributed by atoms with van der Waals surface area (Å²) in [6.45, 7) is -0.0168. The molecular weight excluding hydrogens is 352 g/mol. The van der Waals surface area contributed by atoms with Gasteiger partial charge in [0.25, 0.3) is 5.92 Å². The SMILES string of the molecule is CCC(F)(F)c1cc(Br)ccc1OC(CF)C(=O)O.[NaH]. The number of carbonyl (C=O) groups is 1. The predicted molar refractivity (Wildman–Crippen MR) is 73.5 cm³/mol. The zero-order valence-corrected chi connectivity index (χ0v) is 11.6. The van der Waals surface area contributed by atoms with Gasteiger partial charge in [-0.1, -0.05) is 22.9 Å². The summed E-state index contributed by atoms with van der Waals surface area (Å²) in [5, 5.41) is 8.68. The van der Waals surface area contributed by atoms with Crippen molar-refractivity contribution in [2.24, 2.45) is 0 Å². The monoisotopic (exact) mass is 364 g/mol.